The minimum Gasteiger partial charge on any atom is -0.496 e. The number of fused-ring (bicyclic) bond motifs is 1. The van der Waals surface area contributed by atoms with Crippen LogP contribution in [0.2, 0.25) is 0 Å². The highest BCUT2D eigenvalue weighted by atomic mass is 19.4. The summed E-state index contributed by atoms with van der Waals surface area (Å²) in [7, 11) is 3.33. The second-order valence-corrected chi connectivity index (χ2v) is 9.21. The lowest BCUT2D eigenvalue weighted by atomic mass is 9.87. The molecule has 186 valence electrons. The Morgan fingerprint density at radius 2 is 1.71 bits per heavy atom. The zero-order chi connectivity index (χ0) is 25.2. The highest BCUT2D eigenvalue weighted by Gasteiger charge is 2.38. The van der Waals surface area contributed by atoms with Crippen molar-refractivity contribution in [2.75, 3.05) is 14.2 Å². The van der Waals surface area contributed by atoms with E-state index < -0.39 is 11.9 Å². The van der Waals surface area contributed by atoms with Gasteiger partial charge < -0.3 is 4.74 Å². The molecule has 3 nitrogen and oxygen atoms in total. The van der Waals surface area contributed by atoms with Crippen LogP contribution in [0.25, 0.3) is 11.3 Å². The molecule has 1 atom stereocenters. The van der Waals surface area contributed by atoms with Gasteiger partial charge in [-0.1, -0.05) is 56.3 Å². The Hall–Kier alpha value is -2.86. The molecule has 0 amide bonds. The summed E-state index contributed by atoms with van der Waals surface area (Å²) < 4.78 is 48.8. The summed E-state index contributed by atoms with van der Waals surface area (Å²) in [6.45, 7) is 4.11. The van der Waals surface area contributed by atoms with Gasteiger partial charge in [0.05, 0.1) is 12.8 Å². The lowest BCUT2D eigenvalue weighted by molar-refractivity contribution is -0.142. The van der Waals surface area contributed by atoms with Crippen LogP contribution < -0.4 is 4.74 Å². The molecule has 1 unspecified atom stereocenters. The van der Waals surface area contributed by atoms with Gasteiger partial charge in [0.15, 0.2) is 5.69 Å². The van der Waals surface area contributed by atoms with E-state index in [0.29, 0.717) is 18.5 Å². The molecule has 0 saturated carbocycles. The maximum absolute atomic E-state index is 14.4. The highest BCUT2D eigenvalue weighted by Crippen LogP contribution is 2.41. The summed E-state index contributed by atoms with van der Waals surface area (Å²) in [5, 5.41) is 0. The number of rotatable bonds is 7. The van der Waals surface area contributed by atoms with E-state index in [2.05, 4.69) is 17.1 Å². The molecule has 1 aliphatic carbocycles. The number of methoxy groups -OCH3 is 1. The van der Waals surface area contributed by atoms with Crippen LogP contribution >= 0.6 is 0 Å². The molecule has 1 aromatic heterocycles. The van der Waals surface area contributed by atoms with Crippen LogP contribution in [0.1, 0.15) is 66.2 Å². The molecular formula is C29H33F3N2O. The fraction of sp³-hybridized carbons (Fsp3) is 0.414. The minimum atomic E-state index is -4.60. The normalized spacial score (nSPS) is 15.8. The maximum atomic E-state index is 14.4. The van der Waals surface area contributed by atoms with Gasteiger partial charge in [0.1, 0.15) is 5.75 Å². The van der Waals surface area contributed by atoms with Crippen LogP contribution in [0.4, 0.5) is 13.2 Å². The number of halogens is 3. The van der Waals surface area contributed by atoms with Gasteiger partial charge in [0, 0.05) is 29.8 Å². The standard InChI is InChI=1S/C29H33F3N2O/c1-5-19-12-9-13-20(6-2)27(19)24-17-26(35-4)23(28(33-24)29(30,31)32)18-34(3)25-16-10-14-21-11-7-8-15-22(21)25/h7-9,11-13,15,17,25H,5-6,10,14,16,18H2,1-4H3. The van der Waals surface area contributed by atoms with Crippen LogP contribution in [0.5, 0.6) is 5.75 Å². The van der Waals surface area contributed by atoms with Crippen molar-refractivity contribution in [2.45, 2.75) is 64.7 Å². The summed E-state index contributed by atoms with van der Waals surface area (Å²) in [4.78, 5) is 6.25. The van der Waals surface area contributed by atoms with E-state index in [1.54, 1.807) is 6.07 Å². The molecule has 0 spiro atoms. The van der Waals surface area contributed by atoms with E-state index in [-0.39, 0.29) is 23.9 Å². The fourth-order valence-corrected chi connectivity index (χ4v) is 5.36. The van der Waals surface area contributed by atoms with Gasteiger partial charge in [-0.2, -0.15) is 13.2 Å². The number of aryl methyl sites for hydroxylation is 3. The van der Waals surface area contributed by atoms with Crippen LogP contribution in [0.3, 0.4) is 0 Å². The summed E-state index contributed by atoms with van der Waals surface area (Å²) >= 11 is 0. The molecular weight excluding hydrogens is 449 g/mol. The SMILES string of the molecule is CCc1cccc(CC)c1-c1cc(OC)c(CN(C)C2CCCc3ccccc32)c(C(F)(F)F)n1. The van der Waals surface area contributed by atoms with Gasteiger partial charge in [-0.15, -0.1) is 0 Å². The number of hydrogen-bond acceptors (Lipinski definition) is 3. The van der Waals surface area contributed by atoms with E-state index in [1.165, 1.54) is 18.2 Å². The molecule has 0 fully saturated rings. The van der Waals surface area contributed by atoms with Gasteiger partial charge in [-0.3, -0.25) is 4.90 Å². The summed E-state index contributed by atoms with van der Waals surface area (Å²) in [6.07, 6.45) is -0.255. The first kappa shape index (κ1) is 25.2. The van der Waals surface area contributed by atoms with Gasteiger partial charge >= 0.3 is 6.18 Å². The monoisotopic (exact) mass is 482 g/mol. The molecule has 6 heteroatoms. The van der Waals surface area contributed by atoms with E-state index in [1.807, 2.05) is 56.1 Å². The molecule has 35 heavy (non-hydrogen) atoms. The predicted octanol–water partition coefficient (Wildman–Crippen LogP) is 7.41. The molecule has 0 aliphatic heterocycles. The summed E-state index contributed by atoms with van der Waals surface area (Å²) in [5.41, 5.74) is 4.75. The number of pyridine rings is 1. The number of aromatic nitrogens is 1. The van der Waals surface area contributed by atoms with Crippen molar-refractivity contribution in [3.05, 3.63) is 82.0 Å². The number of ether oxygens (including phenoxy) is 1. The van der Waals surface area contributed by atoms with Crippen molar-refractivity contribution in [3.63, 3.8) is 0 Å². The van der Waals surface area contributed by atoms with E-state index in [0.717, 1.165) is 36.0 Å². The Bertz CT molecular complexity index is 1170. The van der Waals surface area contributed by atoms with Crippen molar-refractivity contribution >= 4 is 0 Å². The van der Waals surface area contributed by atoms with Gasteiger partial charge in [0.25, 0.3) is 0 Å². The molecule has 1 heterocycles. The Morgan fingerprint density at radius 1 is 1.03 bits per heavy atom. The number of hydrogen-bond donors (Lipinski definition) is 0. The molecule has 0 bridgehead atoms. The largest absolute Gasteiger partial charge is 0.496 e. The molecule has 0 N–H and O–H groups in total. The topological polar surface area (TPSA) is 25.4 Å². The summed E-state index contributed by atoms with van der Waals surface area (Å²) in [5.74, 6) is 0.228. The minimum absolute atomic E-state index is 0.0536. The molecule has 0 radical (unpaired) electrons. The van der Waals surface area contributed by atoms with Crippen LogP contribution in [-0.4, -0.2) is 24.0 Å². The van der Waals surface area contributed by atoms with Gasteiger partial charge in [0.2, 0.25) is 0 Å². The highest BCUT2D eigenvalue weighted by molar-refractivity contribution is 5.70. The summed E-state index contributed by atoms with van der Waals surface area (Å²) in [6, 6.07) is 15.8. The van der Waals surface area contributed by atoms with Crippen molar-refractivity contribution in [1.82, 2.24) is 9.88 Å². The third-order valence-electron chi connectivity index (χ3n) is 7.10. The first-order valence-electron chi connectivity index (χ1n) is 12.3. The second kappa shape index (κ2) is 10.4. The third-order valence-corrected chi connectivity index (χ3v) is 7.10. The number of benzene rings is 2. The second-order valence-electron chi connectivity index (χ2n) is 9.21. The molecule has 0 saturated heterocycles. The van der Waals surface area contributed by atoms with E-state index in [4.69, 9.17) is 4.74 Å². The van der Waals surface area contributed by atoms with E-state index >= 15 is 0 Å². The van der Waals surface area contributed by atoms with Crippen molar-refractivity contribution in [1.29, 1.82) is 0 Å². The maximum Gasteiger partial charge on any atom is 0.433 e. The lowest BCUT2D eigenvalue weighted by Crippen LogP contribution is -2.29. The lowest BCUT2D eigenvalue weighted by Gasteiger charge is -2.34. The average molecular weight is 483 g/mol. The number of nitrogens with zero attached hydrogens (tertiary/aromatic N) is 2. The molecule has 4 rings (SSSR count). The molecule has 3 aromatic rings. The fourth-order valence-electron chi connectivity index (χ4n) is 5.36. The predicted molar refractivity (Wildman–Crippen MR) is 134 cm³/mol. The average Bonchev–Trinajstić information content (AvgIpc) is 2.87. The quantitative estimate of drug-likeness (QED) is 0.351. The van der Waals surface area contributed by atoms with Crippen molar-refractivity contribution in [3.8, 4) is 17.0 Å². The van der Waals surface area contributed by atoms with Crippen molar-refractivity contribution in [2.24, 2.45) is 0 Å². The Balaban J connectivity index is 1.81. The first-order valence-corrected chi connectivity index (χ1v) is 12.3. The zero-order valence-electron chi connectivity index (χ0n) is 20.9. The Kier molecular flexibility index (Phi) is 7.50. The van der Waals surface area contributed by atoms with Crippen LogP contribution in [0, 0.1) is 0 Å². The first-order chi connectivity index (χ1) is 16.8. The smallest absolute Gasteiger partial charge is 0.433 e. The van der Waals surface area contributed by atoms with Crippen LogP contribution in [-0.2, 0) is 32.0 Å². The molecule has 1 aliphatic rings. The number of alkyl halides is 3. The molecule has 2 aromatic carbocycles. The zero-order valence-corrected chi connectivity index (χ0v) is 20.9. The van der Waals surface area contributed by atoms with Crippen LogP contribution in [0.15, 0.2) is 48.5 Å². The Labute approximate surface area is 206 Å². The van der Waals surface area contributed by atoms with Gasteiger partial charge in [-0.05, 0) is 61.4 Å². The Morgan fingerprint density at radius 3 is 2.34 bits per heavy atom. The van der Waals surface area contributed by atoms with Gasteiger partial charge in [-0.25, -0.2) is 4.98 Å². The van der Waals surface area contributed by atoms with E-state index in [9.17, 15) is 13.2 Å². The third kappa shape index (κ3) is 5.08. The van der Waals surface area contributed by atoms with Crippen molar-refractivity contribution < 1.29 is 17.9 Å².